The summed E-state index contributed by atoms with van der Waals surface area (Å²) in [6, 6.07) is 8.87. The molecule has 0 bridgehead atoms. The summed E-state index contributed by atoms with van der Waals surface area (Å²) in [5, 5.41) is 17.6. The van der Waals surface area contributed by atoms with Gasteiger partial charge >= 0.3 is 18.2 Å². The number of alkyl halides is 3. The summed E-state index contributed by atoms with van der Waals surface area (Å²) in [7, 11) is 0. The molecule has 3 aromatic heterocycles. The monoisotopic (exact) mass is 573 g/mol. The van der Waals surface area contributed by atoms with Crippen LogP contribution in [0.2, 0.25) is 5.02 Å². The molecule has 14 heteroatoms. The zero-order valence-electron chi connectivity index (χ0n) is 21.3. The number of anilines is 2. The van der Waals surface area contributed by atoms with Gasteiger partial charge in [0.1, 0.15) is 11.6 Å². The molecule has 4 aromatic rings. The minimum atomic E-state index is -4.66. The van der Waals surface area contributed by atoms with Crippen molar-refractivity contribution in [2.75, 3.05) is 10.6 Å². The molecule has 0 unspecified atom stereocenters. The van der Waals surface area contributed by atoms with Gasteiger partial charge in [-0.1, -0.05) is 17.7 Å². The van der Waals surface area contributed by atoms with Crippen LogP contribution in [0.5, 0.6) is 0 Å². The third-order valence-corrected chi connectivity index (χ3v) is 5.99. The average molecular weight is 574 g/mol. The van der Waals surface area contributed by atoms with E-state index in [1.54, 1.807) is 16.8 Å². The Bertz CT molecular complexity index is 1560. The SMILES string of the molecule is CCn1nc(C(=O)O)cc1Cc1cc(C)nc(Cc2ccc(NC(=O)Nc3ccc(Cl)c(C(F)(F)F)c3)nc2)n1. The van der Waals surface area contributed by atoms with Crippen molar-refractivity contribution in [1.29, 1.82) is 0 Å². The van der Waals surface area contributed by atoms with Crippen LogP contribution in [0, 0.1) is 6.92 Å². The number of hydrogen-bond donors (Lipinski definition) is 3. The van der Waals surface area contributed by atoms with Gasteiger partial charge in [0.05, 0.1) is 16.3 Å². The molecule has 208 valence electrons. The number of nitrogens with zero attached hydrogens (tertiary/aromatic N) is 5. The van der Waals surface area contributed by atoms with Crippen LogP contribution in [0.15, 0.2) is 48.7 Å². The highest BCUT2D eigenvalue weighted by molar-refractivity contribution is 6.31. The predicted octanol–water partition coefficient (Wildman–Crippen LogP) is 5.59. The van der Waals surface area contributed by atoms with Gasteiger partial charge in [-0.15, -0.1) is 0 Å². The molecular weight excluding hydrogens is 551 g/mol. The van der Waals surface area contributed by atoms with E-state index in [4.69, 9.17) is 11.6 Å². The molecule has 0 spiro atoms. The van der Waals surface area contributed by atoms with Crippen LogP contribution >= 0.6 is 11.6 Å². The lowest BCUT2D eigenvalue weighted by atomic mass is 10.1. The Balaban J connectivity index is 1.41. The van der Waals surface area contributed by atoms with Gasteiger partial charge in [0, 0.05) is 42.7 Å². The molecule has 3 heterocycles. The summed E-state index contributed by atoms with van der Waals surface area (Å²) < 4.78 is 40.8. The quantitative estimate of drug-likeness (QED) is 0.250. The Morgan fingerprint density at radius 2 is 1.82 bits per heavy atom. The van der Waals surface area contributed by atoms with Gasteiger partial charge in [-0.3, -0.25) is 10.00 Å². The second-order valence-corrected chi connectivity index (χ2v) is 9.14. The van der Waals surface area contributed by atoms with E-state index in [9.17, 15) is 27.9 Å². The standard InChI is InChI=1S/C26H23ClF3N7O3/c1-3-37-18(12-21(36-37)24(38)39)10-17-8-14(2)32-23(33-17)9-15-4-7-22(31-13-15)35-25(40)34-16-5-6-20(27)19(11-16)26(28,29)30/h4-8,11-13H,3,9-10H2,1-2H3,(H,38,39)(H2,31,34,35,40). The fourth-order valence-corrected chi connectivity index (χ4v) is 4.14. The highest BCUT2D eigenvalue weighted by Crippen LogP contribution is 2.36. The molecule has 40 heavy (non-hydrogen) atoms. The molecule has 0 radical (unpaired) electrons. The Morgan fingerprint density at radius 1 is 1.05 bits per heavy atom. The fourth-order valence-electron chi connectivity index (χ4n) is 3.92. The largest absolute Gasteiger partial charge is 0.476 e. The van der Waals surface area contributed by atoms with Crippen LogP contribution in [0.3, 0.4) is 0 Å². The topological polar surface area (TPSA) is 135 Å². The number of carboxylic acids is 1. The highest BCUT2D eigenvalue weighted by Gasteiger charge is 2.33. The number of urea groups is 1. The molecule has 0 saturated heterocycles. The number of pyridine rings is 1. The maximum atomic E-state index is 13.1. The maximum Gasteiger partial charge on any atom is 0.417 e. The number of carboxylic acid groups (broad SMARTS) is 1. The van der Waals surface area contributed by atoms with Gasteiger partial charge in [0.25, 0.3) is 0 Å². The van der Waals surface area contributed by atoms with Crippen molar-refractivity contribution in [2.45, 2.75) is 39.4 Å². The Morgan fingerprint density at radius 3 is 2.48 bits per heavy atom. The lowest BCUT2D eigenvalue weighted by Crippen LogP contribution is -2.20. The summed E-state index contributed by atoms with van der Waals surface area (Å²) in [4.78, 5) is 36.8. The fraction of sp³-hybridized carbons (Fsp3) is 0.231. The molecular formula is C26H23ClF3N7O3. The first-order valence-electron chi connectivity index (χ1n) is 11.9. The number of rotatable bonds is 8. The number of amides is 2. The predicted molar refractivity (Wildman–Crippen MR) is 141 cm³/mol. The number of carbonyl (C=O) groups excluding carboxylic acids is 1. The Hall–Kier alpha value is -4.52. The molecule has 0 aliphatic carbocycles. The van der Waals surface area contributed by atoms with Crippen molar-refractivity contribution in [2.24, 2.45) is 0 Å². The molecule has 0 saturated carbocycles. The second-order valence-electron chi connectivity index (χ2n) is 8.74. The summed E-state index contributed by atoms with van der Waals surface area (Å²) >= 11 is 5.61. The number of hydrogen-bond acceptors (Lipinski definition) is 6. The Labute approximate surface area is 231 Å². The van der Waals surface area contributed by atoms with E-state index in [0.717, 1.165) is 23.4 Å². The van der Waals surface area contributed by atoms with E-state index in [0.29, 0.717) is 36.6 Å². The maximum absolute atomic E-state index is 13.1. The number of nitrogens with one attached hydrogen (secondary N) is 2. The van der Waals surface area contributed by atoms with E-state index in [-0.39, 0.29) is 17.2 Å². The van der Waals surface area contributed by atoms with E-state index in [2.05, 4.69) is 30.7 Å². The molecule has 10 nitrogen and oxygen atoms in total. The summed E-state index contributed by atoms with van der Waals surface area (Å²) in [6.45, 7) is 4.21. The first kappa shape index (κ1) is 28.5. The average Bonchev–Trinajstić information content (AvgIpc) is 3.28. The number of aromatic carboxylic acids is 1. The number of halogens is 4. The number of carbonyl (C=O) groups is 2. The van der Waals surface area contributed by atoms with Crippen molar-refractivity contribution in [3.8, 4) is 0 Å². The zero-order chi connectivity index (χ0) is 29.0. The van der Waals surface area contributed by atoms with Crippen LogP contribution in [0.1, 0.15) is 51.4 Å². The van der Waals surface area contributed by atoms with Gasteiger partial charge in [0.2, 0.25) is 0 Å². The summed E-state index contributed by atoms with van der Waals surface area (Å²) in [6.07, 6.45) is -2.42. The van der Waals surface area contributed by atoms with E-state index < -0.39 is 28.8 Å². The van der Waals surface area contributed by atoms with Crippen LogP contribution in [-0.2, 0) is 25.6 Å². The van der Waals surface area contributed by atoms with Crippen molar-refractivity contribution in [3.63, 3.8) is 0 Å². The molecule has 2 amide bonds. The second kappa shape index (κ2) is 11.7. The van der Waals surface area contributed by atoms with Crippen LogP contribution in [0.25, 0.3) is 0 Å². The van der Waals surface area contributed by atoms with E-state index in [1.807, 2.05) is 19.9 Å². The lowest BCUT2D eigenvalue weighted by Gasteiger charge is -2.12. The number of aryl methyl sites for hydroxylation is 2. The Kier molecular flexibility index (Phi) is 8.33. The first-order chi connectivity index (χ1) is 18.9. The van der Waals surface area contributed by atoms with Gasteiger partial charge in [-0.25, -0.2) is 24.5 Å². The van der Waals surface area contributed by atoms with Crippen molar-refractivity contribution in [1.82, 2.24) is 24.7 Å². The van der Waals surface area contributed by atoms with Crippen LogP contribution in [-0.4, -0.2) is 41.8 Å². The molecule has 3 N–H and O–H groups in total. The smallest absolute Gasteiger partial charge is 0.417 e. The first-order valence-corrected chi connectivity index (χ1v) is 12.3. The van der Waals surface area contributed by atoms with Gasteiger partial charge < -0.3 is 10.4 Å². The molecule has 1 aromatic carbocycles. The third kappa shape index (κ3) is 7.11. The van der Waals surface area contributed by atoms with Gasteiger partial charge in [-0.05, 0) is 55.8 Å². The summed E-state index contributed by atoms with van der Waals surface area (Å²) in [5.74, 6) is -0.393. The molecule has 0 aliphatic rings. The van der Waals surface area contributed by atoms with Gasteiger partial charge in [-0.2, -0.15) is 18.3 Å². The van der Waals surface area contributed by atoms with Crippen LogP contribution < -0.4 is 10.6 Å². The minimum Gasteiger partial charge on any atom is -0.476 e. The molecule has 4 rings (SSSR count). The normalized spacial score (nSPS) is 11.3. The number of aromatic nitrogens is 5. The summed E-state index contributed by atoms with van der Waals surface area (Å²) in [5.41, 5.74) is 1.73. The van der Waals surface area contributed by atoms with Crippen molar-refractivity contribution >= 4 is 35.1 Å². The third-order valence-electron chi connectivity index (χ3n) is 5.66. The van der Waals surface area contributed by atoms with E-state index >= 15 is 0 Å². The lowest BCUT2D eigenvalue weighted by molar-refractivity contribution is -0.137. The number of benzene rings is 1. The zero-order valence-corrected chi connectivity index (χ0v) is 22.0. The molecule has 0 aliphatic heterocycles. The highest BCUT2D eigenvalue weighted by atomic mass is 35.5. The van der Waals surface area contributed by atoms with Crippen molar-refractivity contribution < 1.29 is 27.9 Å². The molecule has 0 fully saturated rings. The van der Waals surface area contributed by atoms with Crippen LogP contribution in [0.4, 0.5) is 29.5 Å². The van der Waals surface area contributed by atoms with Gasteiger partial charge in [0.15, 0.2) is 5.69 Å². The molecule has 0 atom stereocenters. The van der Waals surface area contributed by atoms with Crippen molar-refractivity contribution in [3.05, 3.63) is 93.4 Å². The van der Waals surface area contributed by atoms with E-state index in [1.165, 1.54) is 18.3 Å². The minimum absolute atomic E-state index is 0.0319.